The van der Waals surface area contributed by atoms with Gasteiger partial charge in [0, 0.05) is 19.0 Å². The molecule has 1 saturated carbocycles. The summed E-state index contributed by atoms with van der Waals surface area (Å²) < 4.78 is 34.2. The first-order valence-corrected chi connectivity index (χ1v) is 13.1. The summed E-state index contributed by atoms with van der Waals surface area (Å²) >= 11 is 0. The minimum atomic E-state index is -3.74. The molecule has 1 fully saturated rings. The Balaban J connectivity index is 0.00000432. The number of carbonyl (C=O) groups is 1. The Bertz CT molecular complexity index is 1060. The number of nitrogens with one attached hydrogen (secondary N) is 1. The second-order valence-corrected chi connectivity index (χ2v) is 12.0. The van der Waals surface area contributed by atoms with E-state index in [0.717, 1.165) is 11.1 Å². The number of rotatable bonds is 8. The molecule has 0 spiro atoms. The zero-order valence-corrected chi connectivity index (χ0v) is 24.2. The molecule has 0 bridgehead atoms. The number of ether oxygens (including phenoxy) is 1. The number of hydrogen-bond donors (Lipinski definition) is 1. The first-order chi connectivity index (χ1) is 16.0. The second kappa shape index (κ2) is 12.7. The van der Waals surface area contributed by atoms with Crippen LogP contribution in [-0.2, 0) is 26.8 Å². The molecular formula is C26H35N2NaO5S. The summed E-state index contributed by atoms with van der Waals surface area (Å²) in [6.45, 7) is 6.89. The van der Waals surface area contributed by atoms with Crippen LogP contribution in [0.3, 0.4) is 0 Å². The van der Waals surface area contributed by atoms with Crippen molar-refractivity contribution in [1.29, 1.82) is 0 Å². The molecule has 0 unspecified atom stereocenters. The van der Waals surface area contributed by atoms with E-state index in [1.54, 1.807) is 23.5 Å². The van der Waals surface area contributed by atoms with Crippen LogP contribution in [-0.4, -0.2) is 32.3 Å². The van der Waals surface area contributed by atoms with Crippen molar-refractivity contribution in [2.24, 2.45) is 11.8 Å². The Morgan fingerprint density at radius 3 is 2.09 bits per heavy atom. The largest absolute Gasteiger partial charge is 1.00 e. The van der Waals surface area contributed by atoms with Gasteiger partial charge in [-0.05, 0) is 72.4 Å². The quantitative estimate of drug-likeness (QED) is 0.430. The smallest absolute Gasteiger partial charge is 0.759 e. The number of amides is 1. The predicted molar refractivity (Wildman–Crippen MR) is 133 cm³/mol. The average Bonchev–Trinajstić information content (AvgIpc) is 2.83. The molecule has 2 aromatic carbocycles. The van der Waals surface area contributed by atoms with Gasteiger partial charge in [-0.15, -0.1) is 0 Å². The van der Waals surface area contributed by atoms with E-state index in [2.05, 4.69) is 20.8 Å². The molecule has 0 heterocycles. The van der Waals surface area contributed by atoms with Gasteiger partial charge in [0.1, 0.15) is 5.75 Å². The maximum Gasteiger partial charge on any atom is 1.00 e. The summed E-state index contributed by atoms with van der Waals surface area (Å²) in [5, 5.41) is 10.7. The zero-order chi connectivity index (χ0) is 24.9. The van der Waals surface area contributed by atoms with Crippen molar-refractivity contribution >= 4 is 15.9 Å². The molecule has 0 saturated heterocycles. The third-order valence-corrected chi connectivity index (χ3v) is 8.48. The van der Waals surface area contributed by atoms with Crippen molar-refractivity contribution in [3.63, 3.8) is 0 Å². The Hall–Kier alpha value is -1.42. The minimum absolute atomic E-state index is 0. The van der Waals surface area contributed by atoms with Gasteiger partial charge in [0.2, 0.25) is 15.9 Å². The van der Waals surface area contributed by atoms with E-state index < -0.39 is 15.9 Å². The van der Waals surface area contributed by atoms with Crippen LogP contribution in [0, 0.1) is 17.0 Å². The van der Waals surface area contributed by atoms with Gasteiger partial charge in [-0.1, -0.05) is 45.0 Å². The Morgan fingerprint density at radius 2 is 1.60 bits per heavy atom. The fourth-order valence-electron chi connectivity index (χ4n) is 4.44. The van der Waals surface area contributed by atoms with Crippen LogP contribution in [0.2, 0.25) is 0 Å². The summed E-state index contributed by atoms with van der Waals surface area (Å²) in [6, 6.07) is 14.5. The Kier molecular flexibility index (Phi) is 10.8. The number of hydrogen-bond acceptors (Lipinski definition) is 5. The number of nitrogens with zero attached hydrogens (tertiary/aromatic N) is 1. The molecule has 9 heteroatoms. The van der Waals surface area contributed by atoms with Gasteiger partial charge in [0.25, 0.3) is 0 Å². The summed E-state index contributed by atoms with van der Waals surface area (Å²) in [6.07, 6.45) is 2.59. The van der Waals surface area contributed by atoms with E-state index in [0.29, 0.717) is 38.0 Å². The van der Waals surface area contributed by atoms with Crippen LogP contribution in [0.15, 0.2) is 53.4 Å². The molecule has 0 aromatic heterocycles. The van der Waals surface area contributed by atoms with E-state index >= 15 is 0 Å². The maximum absolute atomic E-state index is 13.7. The van der Waals surface area contributed by atoms with E-state index in [1.165, 1.54) is 5.48 Å². The van der Waals surface area contributed by atoms with Gasteiger partial charge in [-0.3, -0.25) is 4.79 Å². The first-order valence-electron chi connectivity index (χ1n) is 11.7. The molecule has 2 aromatic rings. The molecule has 186 valence electrons. The van der Waals surface area contributed by atoms with Gasteiger partial charge in [-0.2, -0.15) is 4.31 Å². The van der Waals surface area contributed by atoms with Crippen molar-refractivity contribution in [2.75, 3.05) is 13.7 Å². The van der Waals surface area contributed by atoms with Crippen LogP contribution >= 0.6 is 0 Å². The SMILES string of the molecule is COc1ccc(CN(CC2CCC(C(=O)N[O-])CC2)S(=O)(=O)c2ccc(C(C)(C)C)cc2)cc1.[Na+]. The minimum Gasteiger partial charge on any atom is -0.759 e. The standard InChI is InChI=1S/C26H35N2O5S.Na/c1-26(2,3)22-11-15-24(16-12-22)34(31,32)28(18-20-7-13-23(33-4)14-8-20)17-19-5-9-21(10-6-19)25(29)27-30;/h7-8,11-16,19,21H,5-6,9-10,17-18H2,1-4H3,(H-,27,29,30);/q-1;+1. The first kappa shape index (κ1) is 29.8. The Morgan fingerprint density at radius 1 is 1.03 bits per heavy atom. The van der Waals surface area contributed by atoms with E-state index in [9.17, 15) is 18.4 Å². The van der Waals surface area contributed by atoms with Crippen molar-refractivity contribution in [2.45, 2.75) is 63.3 Å². The van der Waals surface area contributed by atoms with Crippen LogP contribution in [0.1, 0.15) is 57.6 Å². The molecule has 7 nitrogen and oxygen atoms in total. The van der Waals surface area contributed by atoms with Gasteiger partial charge < -0.3 is 15.4 Å². The predicted octanol–water partition coefficient (Wildman–Crippen LogP) is 1.61. The fraction of sp³-hybridized carbons (Fsp3) is 0.500. The Labute approximate surface area is 231 Å². The second-order valence-electron chi connectivity index (χ2n) is 10.1. The fourth-order valence-corrected chi connectivity index (χ4v) is 5.94. The van der Waals surface area contributed by atoms with Crippen LogP contribution in [0.4, 0.5) is 0 Å². The topological polar surface area (TPSA) is 98.8 Å². The monoisotopic (exact) mass is 510 g/mol. The molecule has 1 N–H and O–H groups in total. The molecular weight excluding hydrogens is 475 g/mol. The number of methoxy groups -OCH3 is 1. The van der Waals surface area contributed by atoms with E-state index in [-0.39, 0.29) is 58.2 Å². The molecule has 1 aliphatic rings. The third-order valence-electron chi connectivity index (χ3n) is 6.66. The molecule has 1 aliphatic carbocycles. The molecule has 35 heavy (non-hydrogen) atoms. The number of hydroxylamine groups is 1. The summed E-state index contributed by atoms with van der Waals surface area (Å²) in [5.74, 6) is 0.0777. The van der Waals surface area contributed by atoms with Crippen LogP contribution in [0.25, 0.3) is 0 Å². The maximum atomic E-state index is 13.7. The molecule has 3 rings (SSSR count). The van der Waals surface area contributed by atoms with Crippen LogP contribution < -0.4 is 39.8 Å². The summed E-state index contributed by atoms with van der Waals surface area (Å²) in [4.78, 5) is 12.0. The molecule has 0 radical (unpaired) electrons. The van der Waals surface area contributed by atoms with Crippen molar-refractivity contribution in [1.82, 2.24) is 9.79 Å². The molecule has 1 amide bonds. The van der Waals surface area contributed by atoms with E-state index in [4.69, 9.17) is 4.74 Å². The zero-order valence-electron chi connectivity index (χ0n) is 21.4. The van der Waals surface area contributed by atoms with Crippen molar-refractivity contribution in [3.05, 3.63) is 64.9 Å². The van der Waals surface area contributed by atoms with E-state index in [1.807, 2.05) is 36.4 Å². The summed E-state index contributed by atoms with van der Waals surface area (Å²) in [5.41, 5.74) is 3.36. The van der Waals surface area contributed by atoms with Gasteiger partial charge in [0.05, 0.1) is 12.0 Å². The molecule has 0 aliphatic heterocycles. The number of benzene rings is 2. The normalized spacial score (nSPS) is 18.6. The molecule has 0 atom stereocenters. The van der Waals surface area contributed by atoms with Crippen molar-refractivity contribution < 1.29 is 47.5 Å². The van der Waals surface area contributed by atoms with Gasteiger partial charge >= 0.3 is 29.6 Å². The average molecular weight is 511 g/mol. The number of carbonyl (C=O) groups excluding carboxylic acids is 1. The van der Waals surface area contributed by atoms with Crippen molar-refractivity contribution in [3.8, 4) is 5.75 Å². The number of sulfonamides is 1. The van der Waals surface area contributed by atoms with Gasteiger partial charge in [-0.25, -0.2) is 8.42 Å². The van der Waals surface area contributed by atoms with Crippen LogP contribution in [0.5, 0.6) is 5.75 Å². The van der Waals surface area contributed by atoms with Gasteiger partial charge in [0.15, 0.2) is 0 Å². The summed E-state index contributed by atoms with van der Waals surface area (Å²) in [7, 11) is -2.14. The third kappa shape index (κ3) is 7.78.